The Morgan fingerprint density at radius 3 is 2.65 bits per heavy atom. The van der Waals surface area contributed by atoms with Crippen LogP contribution >= 0.6 is 0 Å². The van der Waals surface area contributed by atoms with Gasteiger partial charge in [-0.1, -0.05) is 6.07 Å². The van der Waals surface area contributed by atoms with Gasteiger partial charge in [-0.15, -0.1) is 10.2 Å². The molecule has 1 atom stereocenters. The van der Waals surface area contributed by atoms with Crippen molar-refractivity contribution in [2.75, 3.05) is 5.32 Å². The van der Waals surface area contributed by atoms with E-state index in [0.717, 1.165) is 0 Å². The first-order valence-corrected chi connectivity index (χ1v) is 7.25. The first-order chi connectivity index (χ1) is 10.9. The molecular weight excluding hydrogens is 296 g/mol. The fourth-order valence-corrected chi connectivity index (χ4v) is 2.14. The summed E-state index contributed by atoms with van der Waals surface area (Å²) in [5.74, 6) is 0.119. The standard InChI is InChI=1S/C15H20N6O2/c1-9(2)21-8-17-20-14(21)10(3)18-15(23)19-12-6-4-5-11(7-12)13(16)22/h4-10H,1-3H3,(H2,16,22)(H2,18,19,23)/t10-/m1/s1. The van der Waals surface area contributed by atoms with Gasteiger partial charge in [0.1, 0.15) is 6.33 Å². The highest BCUT2D eigenvalue weighted by Crippen LogP contribution is 2.15. The number of hydrogen-bond acceptors (Lipinski definition) is 4. The van der Waals surface area contributed by atoms with Gasteiger partial charge in [0.25, 0.3) is 0 Å². The third-order valence-electron chi connectivity index (χ3n) is 3.30. The summed E-state index contributed by atoms with van der Waals surface area (Å²) in [5, 5.41) is 13.4. The van der Waals surface area contributed by atoms with Crippen LogP contribution in [0.1, 0.15) is 49.0 Å². The fourth-order valence-electron chi connectivity index (χ4n) is 2.14. The molecular formula is C15H20N6O2. The summed E-state index contributed by atoms with van der Waals surface area (Å²) in [4.78, 5) is 23.2. The maximum absolute atomic E-state index is 12.1. The molecule has 0 aliphatic carbocycles. The molecule has 8 nitrogen and oxygen atoms in total. The number of nitrogens with one attached hydrogen (secondary N) is 2. The van der Waals surface area contributed by atoms with Crippen LogP contribution in [-0.2, 0) is 0 Å². The summed E-state index contributed by atoms with van der Waals surface area (Å²) in [6, 6.07) is 5.89. The summed E-state index contributed by atoms with van der Waals surface area (Å²) in [5.41, 5.74) is 6.03. The number of carbonyl (C=O) groups is 2. The molecule has 0 saturated heterocycles. The predicted octanol–water partition coefficient (Wildman–Crippen LogP) is 1.84. The van der Waals surface area contributed by atoms with Crippen molar-refractivity contribution in [3.05, 3.63) is 42.0 Å². The van der Waals surface area contributed by atoms with Gasteiger partial charge in [0.05, 0.1) is 6.04 Å². The van der Waals surface area contributed by atoms with Crippen LogP contribution < -0.4 is 16.4 Å². The quantitative estimate of drug-likeness (QED) is 0.780. The van der Waals surface area contributed by atoms with E-state index in [1.807, 2.05) is 25.3 Å². The van der Waals surface area contributed by atoms with Crippen molar-refractivity contribution in [3.8, 4) is 0 Å². The van der Waals surface area contributed by atoms with Crippen molar-refractivity contribution in [1.82, 2.24) is 20.1 Å². The van der Waals surface area contributed by atoms with E-state index in [9.17, 15) is 9.59 Å². The normalized spacial score (nSPS) is 12.0. The molecule has 2 rings (SSSR count). The van der Waals surface area contributed by atoms with Gasteiger partial charge in [0, 0.05) is 17.3 Å². The van der Waals surface area contributed by atoms with E-state index in [1.165, 1.54) is 6.07 Å². The molecule has 23 heavy (non-hydrogen) atoms. The lowest BCUT2D eigenvalue weighted by Gasteiger charge is -2.17. The van der Waals surface area contributed by atoms with Crippen molar-refractivity contribution < 1.29 is 9.59 Å². The van der Waals surface area contributed by atoms with E-state index in [2.05, 4.69) is 20.8 Å². The summed E-state index contributed by atoms with van der Waals surface area (Å²) < 4.78 is 1.89. The molecule has 1 aromatic heterocycles. The van der Waals surface area contributed by atoms with Crippen LogP contribution in [0.4, 0.5) is 10.5 Å². The number of carbonyl (C=O) groups excluding carboxylic acids is 2. The molecule has 2 aromatic rings. The largest absolute Gasteiger partial charge is 0.366 e. The van der Waals surface area contributed by atoms with E-state index in [1.54, 1.807) is 24.5 Å². The molecule has 0 radical (unpaired) electrons. The zero-order valence-electron chi connectivity index (χ0n) is 13.3. The van der Waals surface area contributed by atoms with Crippen molar-refractivity contribution >= 4 is 17.6 Å². The van der Waals surface area contributed by atoms with Crippen LogP contribution in [0.3, 0.4) is 0 Å². The van der Waals surface area contributed by atoms with Gasteiger partial charge in [0.15, 0.2) is 5.82 Å². The number of rotatable bonds is 5. The Labute approximate surface area is 134 Å². The van der Waals surface area contributed by atoms with Crippen LogP contribution in [0.25, 0.3) is 0 Å². The highest BCUT2D eigenvalue weighted by atomic mass is 16.2. The van der Waals surface area contributed by atoms with Crippen LogP contribution in [0.2, 0.25) is 0 Å². The maximum Gasteiger partial charge on any atom is 0.319 e. The average molecular weight is 316 g/mol. The number of anilines is 1. The van der Waals surface area contributed by atoms with Gasteiger partial charge < -0.3 is 20.9 Å². The second-order valence-corrected chi connectivity index (χ2v) is 5.46. The van der Waals surface area contributed by atoms with E-state index >= 15 is 0 Å². The number of primary amides is 1. The second-order valence-electron chi connectivity index (χ2n) is 5.46. The molecule has 0 unspecified atom stereocenters. The first kappa shape index (κ1) is 16.5. The molecule has 0 saturated carbocycles. The molecule has 122 valence electrons. The molecule has 3 amide bonds. The minimum Gasteiger partial charge on any atom is -0.366 e. The molecule has 0 aliphatic rings. The minimum absolute atomic E-state index is 0.194. The molecule has 8 heteroatoms. The molecule has 1 aromatic carbocycles. The predicted molar refractivity (Wildman–Crippen MR) is 85.9 cm³/mol. The summed E-state index contributed by atoms with van der Waals surface area (Å²) in [6.45, 7) is 5.84. The number of nitrogens with two attached hydrogens (primary N) is 1. The average Bonchev–Trinajstić information content (AvgIpc) is 2.97. The highest BCUT2D eigenvalue weighted by molar-refractivity contribution is 5.95. The molecule has 0 spiro atoms. The number of hydrogen-bond donors (Lipinski definition) is 3. The van der Waals surface area contributed by atoms with Crippen molar-refractivity contribution in [2.45, 2.75) is 32.9 Å². The maximum atomic E-state index is 12.1. The molecule has 0 aliphatic heterocycles. The number of nitrogens with zero attached hydrogens (tertiary/aromatic N) is 3. The number of amides is 3. The highest BCUT2D eigenvalue weighted by Gasteiger charge is 2.17. The van der Waals surface area contributed by atoms with Gasteiger partial charge >= 0.3 is 6.03 Å². The van der Waals surface area contributed by atoms with Crippen LogP contribution in [0, 0.1) is 0 Å². The third kappa shape index (κ3) is 4.06. The zero-order chi connectivity index (χ0) is 17.0. The second kappa shape index (κ2) is 6.91. The summed E-state index contributed by atoms with van der Waals surface area (Å²) >= 11 is 0. The van der Waals surface area contributed by atoms with E-state index in [-0.39, 0.29) is 12.1 Å². The Bertz CT molecular complexity index is 709. The first-order valence-electron chi connectivity index (χ1n) is 7.25. The topological polar surface area (TPSA) is 115 Å². The molecule has 4 N–H and O–H groups in total. The lowest BCUT2D eigenvalue weighted by atomic mass is 10.2. The smallest absolute Gasteiger partial charge is 0.319 e. The van der Waals surface area contributed by atoms with Crippen molar-refractivity contribution in [3.63, 3.8) is 0 Å². The fraction of sp³-hybridized carbons (Fsp3) is 0.333. The summed E-state index contributed by atoms with van der Waals surface area (Å²) in [7, 11) is 0. The van der Waals surface area contributed by atoms with E-state index < -0.39 is 11.9 Å². The molecule has 1 heterocycles. The monoisotopic (exact) mass is 316 g/mol. The number of benzene rings is 1. The van der Waals surface area contributed by atoms with Gasteiger partial charge in [-0.05, 0) is 39.0 Å². The Balaban J connectivity index is 2.03. The van der Waals surface area contributed by atoms with E-state index in [0.29, 0.717) is 17.1 Å². The molecule has 0 fully saturated rings. The third-order valence-corrected chi connectivity index (χ3v) is 3.30. The van der Waals surface area contributed by atoms with Gasteiger partial charge in [0.2, 0.25) is 5.91 Å². The van der Waals surface area contributed by atoms with Crippen molar-refractivity contribution in [2.24, 2.45) is 5.73 Å². The van der Waals surface area contributed by atoms with Crippen LogP contribution in [-0.4, -0.2) is 26.7 Å². The Hall–Kier alpha value is -2.90. The SMILES string of the molecule is CC(C)n1cnnc1[C@@H](C)NC(=O)Nc1cccc(C(N)=O)c1. The van der Waals surface area contributed by atoms with Gasteiger partial charge in [-0.25, -0.2) is 4.79 Å². The van der Waals surface area contributed by atoms with Crippen molar-refractivity contribution in [1.29, 1.82) is 0 Å². The Morgan fingerprint density at radius 2 is 2.00 bits per heavy atom. The molecule has 0 bridgehead atoms. The summed E-state index contributed by atoms with van der Waals surface area (Å²) in [6.07, 6.45) is 1.63. The van der Waals surface area contributed by atoms with Crippen LogP contribution in [0.5, 0.6) is 0 Å². The Kier molecular flexibility index (Phi) is 4.95. The minimum atomic E-state index is -0.549. The lowest BCUT2D eigenvalue weighted by molar-refractivity contribution is 0.1000. The zero-order valence-corrected chi connectivity index (χ0v) is 13.3. The number of urea groups is 1. The lowest BCUT2D eigenvalue weighted by Crippen LogP contribution is -2.32. The Morgan fingerprint density at radius 1 is 1.26 bits per heavy atom. The number of aromatic nitrogens is 3. The van der Waals surface area contributed by atoms with Crippen LogP contribution in [0.15, 0.2) is 30.6 Å². The van der Waals surface area contributed by atoms with Gasteiger partial charge in [-0.2, -0.15) is 0 Å². The van der Waals surface area contributed by atoms with E-state index in [4.69, 9.17) is 5.73 Å². The van der Waals surface area contributed by atoms with Gasteiger partial charge in [-0.3, -0.25) is 4.79 Å².